The van der Waals surface area contributed by atoms with Gasteiger partial charge >= 0.3 is 0 Å². The predicted octanol–water partition coefficient (Wildman–Crippen LogP) is 2.91. The molecule has 1 atom stereocenters. The van der Waals surface area contributed by atoms with Crippen molar-refractivity contribution in [2.45, 2.75) is 19.6 Å². The quantitative estimate of drug-likeness (QED) is 0.822. The highest BCUT2D eigenvalue weighted by Crippen LogP contribution is 2.35. The molecule has 1 unspecified atom stereocenters. The average molecular weight is 273 g/mol. The minimum atomic E-state index is -0.646. The van der Waals surface area contributed by atoms with E-state index in [9.17, 15) is 5.11 Å². The van der Waals surface area contributed by atoms with Crippen molar-refractivity contribution in [1.29, 1.82) is 0 Å². The van der Waals surface area contributed by atoms with E-state index in [2.05, 4.69) is 0 Å². The van der Waals surface area contributed by atoms with E-state index in [-0.39, 0.29) is 0 Å². The molecule has 0 heterocycles. The molecule has 0 aliphatic carbocycles. The Bertz CT molecular complexity index is 567. The van der Waals surface area contributed by atoms with Crippen molar-refractivity contribution in [1.82, 2.24) is 0 Å². The summed E-state index contributed by atoms with van der Waals surface area (Å²) in [5.74, 6) is 1.13. The first-order chi connectivity index (χ1) is 9.61. The maximum Gasteiger partial charge on any atom is 0.163 e. The summed E-state index contributed by atoms with van der Waals surface area (Å²) in [5.41, 5.74) is 8.10. The number of rotatable bonds is 5. The number of hydrogen-bond donors (Lipinski definition) is 2. The molecule has 2 rings (SSSR count). The number of aliphatic hydroxyl groups is 1. The molecular formula is C16H19NO3. The second-order valence-electron chi connectivity index (χ2n) is 4.58. The zero-order valence-electron chi connectivity index (χ0n) is 11.7. The molecule has 4 nitrogen and oxygen atoms in total. The summed E-state index contributed by atoms with van der Waals surface area (Å²) < 4.78 is 11.0. The topological polar surface area (TPSA) is 64.7 Å². The average Bonchev–Trinajstić information content (AvgIpc) is 2.46. The van der Waals surface area contributed by atoms with Crippen molar-refractivity contribution in [3.63, 3.8) is 0 Å². The zero-order chi connectivity index (χ0) is 14.5. The largest absolute Gasteiger partial charge is 0.493 e. The minimum absolute atomic E-state index is 0.435. The van der Waals surface area contributed by atoms with Gasteiger partial charge in [-0.2, -0.15) is 0 Å². The normalized spacial score (nSPS) is 11.9. The second kappa shape index (κ2) is 6.30. The summed E-state index contributed by atoms with van der Waals surface area (Å²) in [5, 5.41) is 9.65. The molecule has 0 saturated carbocycles. The Hall–Kier alpha value is -2.20. The Balaban J connectivity index is 2.21. The fourth-order valence-electron chi connectivity index (χ4n) is 1.96. The van der Waals surface area contributed by atoms with Gasteiger partial charge in [-0.05, 0) is 18.6 Å². The van der Waals surface area contributed by atoms with Crippen LogP contribution in [0.4, 0.5) is 5.69 Å². The van der Waals surface area contributed by atoms with E-state index in [4.69, 9.17) is 15.2 Å². The number of benzene rings is 2. The molecule has 2 aromatic carbocycles. The molecule has 0 bridgehead atoms. The smallest absolute Gasteiger partial charge is 0.163 e. The van der Waals surface area contributed by atoms with E-state index in [1.807, 2.05) is 30.3 Å². The molecule has 0 spiro atoms. The lowest BCUT2D eigenvalue weighted by molar-refractivity contribution is 0.199. The third-order valence-corrected chi connectivity index (χ3v) is 3.06. The first-order valence-corrected chi connectivity index (χ1v) is 6.44. The number of ether oxygens (including phenoxy) is 2. The third kappa shape index (κ3) is 3.22. The van der Waals surface area contributed by atoms with E-state index < -0.39 is 6.10 Å². The van der Waals surface area contributed by atoms with Crippen molar-refractivity contribution in [2.24, 2.45) is 0 Å². The highest BCUT2D eigenvalue weighted by atomic mass is 16.5. The van der Waals surface area contributed by atoms with Gasteiger partial charge in [0.25, 0.3) is 0 Å². The first-order valence-electron chi connectivity index (χ1n) is 6.44. The molecule has 0 amide bonds. The minimum Gasteiger partial charge on any atom is -0.493 e. The maximum absolute atomic E-state index is 9.65. The SMILES string of the molecule is COc1cc(C(C)O)c(N)cc1OCc1ccccc1. The molecule has 3 N–H and O–H groups in total. The van der Waals surface area contributed by atoms with Gasteiger partial charge in [0.1, 0.15) is 6.61 Å². The van der Waals surface area contributed by atoms with E-state index in [1.54, 1.807) is 26.2 Å². The molecule has 0 fully saturated rings. The molecule has 106 valence electrons. The van der Waals surface area contributed by atoms with Crippen LogP contribution in [-0.4, -0.2) is 12.2 Å². The standard InChI is InChI=1S/C16H19NO3/c1-11(18)13-8-15(19-2)16(9-14(13)17)20-10-12-6-4-3-5-7-12/h3-9,11,18H,10,17H2,1-2H3. The van der Waals surface area contributed by atoms with Crippen LogP contribution in [0.25, 0.3) is 0 Å². The van der Waals surface area contributed by atoms with Crippen LogP contribution in [-0.2, 0) is 6.61 Å². The van der Waals surface area contributed by atoms with Crippen molar-refractivity contribution in [3.05, 3.63) is 53.6 Å². The molecule has 0 aliphatic rings. The Morgan fingerprint density at radius 2 is 1.85 bits per heavy atom. The molecule has 2 aromatic rings. The highest BCUT2D eigenvalue weighted by molar-refractivity contribution is 5.58. The lowest BCUT2D eigenvalue weighted by atomic mass is 10.1. The van der Waals surface area contributed by atoms with Crippen LogP contribution in [0.5, 0.6) is 11.5 Å². The van der Waals surface area contributed by atoms with Gasteiger partial charge in [-0.25, -0.2) is 0 Å². The van der Waals surface area contributed by atoms with Gasteiger partial charge in [0.05, 0.1) is 13.2 Å². The first kappa shape index (κ1) is 14.2. The van der Waals surface area contributed by atoms with Gasteiger partial charge in [0.2, 0.25) is 0 Å². The summed E-state index contributed by atoms with van der Waals surface area (Å²) in [6.45, 7) is 2.10. The molecule has 0 radical (unpaired) electrons. The lowest BCUT2D eigenvalue weighted by Gasteiger charge is -2.15. The Labute approximate surface area is 118 Å². The van der Waals surface area contributed by atoms with Crippen LogP contribution in [0.15, 0.2) is 42.5 Å². The van der Waals surface area contributed by atoms with Gasteiger partial charge in [-0.1, -0.05) is 30.3 Å². The number of anilines is 1. The number of methoxy groups -OCH3 is 1. The van der Waals surface area contributed by atoms with Crippen molar-refractivity contribution in [2.75, 3.05) is 12.8 Å². The van der Waals surface area contributed by atoms with Gasteiger partial charge in [0, 0.05) is 17.3 Å². The van der Waals surface area contributed by atoms with Crippen LogP contribution >= 0.6 is 0 Å². The van der Waals surface area contributed by atoms with Gasteiger partial charge in [-0.15, -0.1) is 0 Å². The fourth-order valence-corrected chi connectivity index (χ4v) is 1.96. The van der Waals surface area contributed by atoms with Gasteiger partial charge < -0.3 is 20.3 Å². The number of nitrogens with two attached hydrogens (primary N) is 1. The Kier molecular flexibility index (Phi) is 4.48. The van der Waals surface area contributed by atoms with Crippen molar-refractivity contribution in [3.8, 4) is 11.5 Å². The molecule has 0 aliphatic heterocycles. The van der Waals surface area contributed by atoms with Gasteiger partial charge in [-0.3, -0.25) is 0 Å². The maximum atomic E-state index is 9.65. The lowest BCUT2D eigenvalue weighted by Crippen LogP contribution is -2.03. The van der Waals surface area contributed by atoms with E-state index in [0.29, 0.717) is 29.4 Å². The summed E-state index contributed by atoms with van der Waals surface area (Å²) >= 11 is 0. The molecule has 4 heteroatoms. The second-order valence-corrected chi connectivity index (χ2v) is 4.58. The fraction of sp³-hybridized carbons (Fsp3) is 0.250. The molecule has 20 heavy (non-hydrogen) atoms. The van der Waals surface area contributed by atoms with Gasteiger partial charge in [0.15, 0.2) is 11.5 Å². The molecule has 0 aromatic heterocycles. The van der Waals surface area contributed by atoms with E-state index in [0.717, 1.165) is 5.56 Å². The summed E-state index contributed by atoms with van der Waals surface area (Å²) in [7, 11) is 1.56. The predicted molar refractivity (Wildman–Crippen MR) is 78.8 cm³/mol. The molecule has 0 saturated heterocycles. The third-order valence-electron chi connectivity index (χ3n) is 3.06. The summed E-state index contributed by atoms with van der Waals surface area (Å²) in [6.07, 6.45) is -0.646. The van der Waals surface area contributed by atoms with Crippen LogP contribution < -0.4 is 15.2 Å². The molecular weight excluding hydrogens is 254 g/mol. The number of aliphatic hydroxyl groups excluding tert-OH is 1. The highest BCUT2D eigenvalue weighted by Gasteiger charge is 2.13. The summed E-state index contributed by atoms with van der Waals surface area (Å²) in [4.78, 5) is 0. The van der Waals surface area contributed by atoms with E-state index in [1.165, 1.54) is 0 Å². The van der Waals surface area contributed by atoms with Crippen LogP contribution in [0.1, 0.15) is 24.2 Å². The Morgan fingerprint density at radius 1 is 1.15 bits per heavy atom. The van der Waals surface area contributed by atoms with Crippen LogP contribution in [0.2, 0.25) is 0 Å². The van der Waals surface area contributed by atoms with E-state index >= 15 is 0 Å². The zero-order valence-corrected chi connectivity index (χ0v) is 11.7. The van der Waals surface area contributed by atoms with Crippen LogP contribution in [0, 0.1) is 0 Å². The van der Waals surface area contributed by atoms with Crippen molar-refractivity contribution < 1.29 is 14.6 Å². The van der Waals surface area contributed by atoms with Crippen molar-refractivity contribution >= 4 is 5.69 Å². The number of nitrogen functional groups attached to an aromatic ring is 1. The van der Waals surface area contributed by atoms with Crippen LogP contribution in [0.3, 0.4) is 0 Å². The monoisotopic (exact) mass is 273 g/mol. The number of hydrogen-bond acceptors (Lipinski definition) is 4. The Morgan fingerprint density at radius 3 is 2.45 bits per heavy atom. The summed E-state index contributed by atoms with van der Waals surface area (Å²) in [6, 6.07) is 13.2.